The third kappa shape index (κ3) is 4.14. The molecule has 0 saturated carbocycles. The molecule has 7 rings (SSSR count). The van der Waals surface area contributed by atoms with Gasteiger partial charge >= 0.3 is 0 Å². The lowest BCUT2D eigenvalue weighted by molar-refractivity contribution is 1.07. The normalized spacial score (nSPS) is 11.3. The lowest BCUT2D eigenvalue weighted by Gasteiger charge is -2.07. The Morgan fingerprint density at radius 2 is 1.11 bits per heavy atom. The Morgan fingerprint density at radius 3 is 1.89 bits per heavy atom. The van der Waals surface area contributed by atoms with Crippen LogP contribution in [0, 0.1) is 0 Å². The minimum Gasteiger partial charge on any atom is -0.208 e. The molecule has 0 atom stereocenters. The van der Waals surface area contributed by atoms with E-state index >= 15 is 0 Å². The van der Waals surface area contributed by atoms with Crippen LogP contribution < -0.4 is 0 Å². The van der Waals surface area contributed by atoms with Crippen LogP contribution in [-0.2, 0) is 0 Å². The van der Waals surface area contributed by atoms with Gasteiger partial charge in [0.1, 0.15) is 0 Å². The van der Waals surface area contributed by atoms with Gasteiger partial charge in [-0.1, -0.05) is 97.1 Å². The number of nitrogens with zero attached hydrogens (tertiary/aromatic N) is 3. The molecular weight excluding hydrogens is 506 g/mol. The number of benzene rings is 5. The van der Waals surface area contributed by atoms with Crippen molar-refractivity contribution in [2.75, 3.05) is 0 Å². The smallest absolute Gasteiger partial charge is 0.208 e. The summed E-state index contributed by atoms with van der Waals surface area (Å²) in [6.45, 7) is 0. The molecule has 0 saturated heterocycles. The first kappa shape index (κ1) is 22.8. The van der Waals surface area contributed by atoms with Crippen LogP contribution in [-0.4, -0.2) is 15.0 Å². The lowest BCUT2D eigenvalue weighted by Crippen LogP contribution is -1.97. The highest BCUT2D eigenvalue weighted by Gasteiger charge is 2.15. The number of hydrogen-bond acceptors (Lipinski definition) is 4. The second-order valence-corrected chi connectivity index (χ2v) is 10.5. The van der Waals surface area contributed by atoms with Gasteiger partial charge in [-0.05, 0) is 58.1 Å². The molecule has 7 aromatic rings. The molecule has 0 spiro atoms. The minimum atomic E-state index is 0.188. The van der Waals surface area contributed by atoms with Gasteiger partial charge in [0.05, 0.1) is 0 Å². The van der Waals surface area contributed by atoms with Crippen molar-refractivity contribution < 1.29 is 0 Å². The molecule has 2 aromatic heterocycles. The van der Waals surface area contributed by atoms with Crippen molar-refractivity contribution in [1.82, 2.24) is 15.0 Å². The molecule has 38 heavy (non-hydrogen) atoms. The number of thiophene rings is 1. The third-order valence-corrected chi connectivity index (χ3v) is 8.07. The quantitative estimate of drug-likeness (QED) is 0.229. The molecule has 180 valence electrons. The first-order valence-corrected chi connectivity index (χ1v) is 13.5. The van der Waals surface area contributed by atoms with E-state index in [0.29, 0.717) is 11.6 Å². The van der Waals surface area contributed by atoms with Crippen molar-refractivity contribution in [3.8, 4) is 45.0 Å². The van der Waals surface area contributed by atoms with E-state index in [1.165, 1.54) is 37.7 Å². The Bertz CT molecular complexity index is 1930. The first-order valence-electron chi connectivity index (χ1n) is 12.3. The highest BCUT2D eigenvalue weighted by molar-refractivity contribution is 7.26. The van der Waals surface area contributed by atoms with Crippen molar-refractivity contribution in [3.05, 3.63) is 127 Å². The van der Waals surface area contributed by atoms with Gasteiger partial charge in [0.25, 0.3) is 0 Å². The maximum absolute atomic E-state index is 6.37. The highest BCUT2D eigenvalue weighted by Crippen LogP contribution is 2.41. The Hall–Kier alpha value is -4.38. The van der Waals surface area contributed by atoms with E-state index < -0.39 is 0 Å². The summed E-state index contributed by atoms with van der Waals surface area (Å²) < 4.78 is 2.36. The van der Waals surface area contributed by atoms with Gasteiger partial charge in [-0.2, -0.15) is 9.97 Å². The van der Waals surface area contributed by atoms with Gasteiger partial charge in [0.15, 0.2) is 11.6 Å². The van der Waals surface area contributed by atoms with E-state index in [1.54, 1.807) is 11.3 Å². The van der Waals surface area contributed by atoms with E-state index in [2.05, 4.69) is 94.9 Å². The van der Waals surface area contributed by atoms with E-state index in [-0.39, 0.29) is 5.28 Å². The molecule has 0 N–H and O–H groups in total. The van der Waals surface area contributed by atoms with E-state index in [1.807, 2.05) is 36.4 Å². The first-order chi connectivity index (χ1) is 18.7. The van der Waals surface area contributed by atoms with Crippen molar-refractivity contribution in [3.63, 3.8) is 0 Å². The lowest BCUT2D eigenvalue weighted by atomic mass is 9.98. The van der Waals surface area contributed by atoms with Crippen molar-refractivity contribution >= 4 is 43.1 Å². The molecular formula is C33H20ClN3S. The predicted octanol–water partition coefficient (Wildman–Crippen LogP) is 9.56. The monoisotopic (exact) mass is 525 g/mol. The number of fused-ring (bicyclic) bond motifs is 3. The largest absolute Gasteiger partial charge is 0.226 e. The average Bonchev–Trinajstić information content (AvgIpc) is 3.36. The van der Waals surface area contributed by atoms with Gasteiger partial charge < -0.3 is 0 Å². The van der Waals surface area contributed by atoms with Crippen LogP contribution in [0.1, 0.15) is 0 Å². The predicted molar refractivity (Wildman–Crippen MR) is 159 cm³/mol. The van der Waals surface area contributed by atoms with Crippen molar-refractivity contribution in [2.45, 2.75) is 0 Å². The Balaban J connectivity index is 1.35. The maximum Gasteiger partial charge on any atom is 0.226 e. The van der Waals surface area contributed by atoms with Gasteiger partial charge in [-0.15, -0.1) is 11.3 Å². The van der Waals surface area contributed by atoms with Gasteiger partial charge in [-0.25, -0.2) is 4.98 Å². The second-order valence-electron chi connectivity index (χ2n) is 9.06. The summed E-state index contributed by atoms with van der Waals surface area (Å²) in [5, 5.41) is 2.59. The SMILES string of the molecule is Clc1nc(-c2ccccc2)nc(-c2cccc3c2sc2ccc(-c4cccc(-c5ccccc5)c4)cc23)n1. The summed E-state index contributed by atoms with van der Waals surface area (Å²) in [6, 6.07) is 42.0. The average molecular weight is 526 g/mol. The summed E-state index contributed by atoms with van der Waals surface area (Å²) >= 11 is 8.12. The number of aromatic nitrogens is 3. The zero-order valence-corrected chi connectivity index (χ0v) is 21.7. The van der Waals surface area contributed by atoms with Crippen LogP contribution in [0.3, 0.4) is 0 Å². The van der Waals surface area contributed by atoms with Crippen molar-refractivity contribution in [1.29, 1.82) is 0 Å². The fourth-order valence-electron chi connectivity index (χ4n) is 4.85. The molecule has 0 aliphatic rings. The molecule has 5 heteroatoms. The van der Waals surface area contributed by atoms with Gasteiger partial charge in [-0.3, -0.25) is 0 Å². The fourth-order valence-corrected chi connectivity index (χ4v) is 6.20. The third-order valence-electron chi connectivity index (χ3n) is 6.68. The molecule has 0 fully saturated rings. The standard InChI is InChI=1S/C33H20ClN3S/c34-33-36-31(22-11-5-2-6-12-22)35-32(37-33)27-16-8-15-26-28-20-25(17-18-29(28)38-30(26)27)24-14-7-13-23(19-24)21-9-3-1-4-10-21/h1-20H. The zero-order valence-electron chi connectivity index (χ0n) is 20.2. The molecule has 0 aliphatic heterocycles. The molecule has 2 heterocycles. The summed E-state index contributed by atoms with van der Waals surface area (Å²) in [5.41, 5.74) is 6.67. The summed E-state index contributed by atoms with van der Waals surface area (Å²) in [6.07, 6.45) is 0. The zero-order chi connectivity index (χ0) is 25.5. The Kier molecular flexibility index (Phi) is 5.69. The van der Waals surface area contributed by atoms with Crippen molar-refractivity contribution in [2.24, 2.45) is 0 Å². The number of hydrogen-bond donors (Lipinski definition) is 0. The minimum absolute atomic E-state index is 0.188. The Labute approximate surface area is 229 Å². The molecule has 0 bridgehead atoms. The van der Waals surface area contributed by atoms with Gasteiger partial charge in [0.2, 0.25) is 5.28 Å². The molecule has 0 aliphatic carbocycles. The number of halogens is 1. The summed E-state index contributed by atoms with van der Waals surface area (Å²) in [4.78, 5) is 13.7. The van der Waals surface area contributed by atoms with Crippen LogP contribution in [0.4, 0.5) is 0 Å². The maximum atomic E-state index is 6.37. The molecule has 5 aromatic carbocycles. The molecule has 0 radical (unpaired) electrons. The number of rotatable bonds is 4. The molecule has 0 amide bonds. The van der Waals surface area contributed by atoms with Gasteiger partial charge in [0, 0.05) is 31.3 Å². The van der Waals surface area contributed by atoms with E-state index in [0.717, 1.165) is 15.8 Å². The van der Waals surface area contributed by atoms with E-state index in [4.69, 9.17) is 16.6 Å². The topological polar surface area (TPSA) is 38.7 Å². The highest BCUT2D eigenvalue weighted by atomic mass is 35.5. The van der Waals surface area contributed by atoms with Crippen LogP contribution in [0.25, 0.3) is 65.2 Å². The second kappa shape index (κ2) is 9.49. The Morgan fingerprint density at radius 1 is 0.474 bits per heavy atom. The molecule has 0 unspecified atom stereocenters. The summed E-state index contributed by atoms with van der Waals surface area (Å²) in [5.74, 6) is 1.15. The summed E-state index contributed by atoms with van der Waals surface area (Å²) in [7, 11) is 0. The van der Waals surface area contributed by atoms with Crippen LogP contribution in [0.2, 0.25) is 5.28 Å². The molecule has 3 nitrogen and oxygen atoms in total. The van der Waals surface area contributed by atoms with Crippen LogP contribution in [0.5, 0.6) is 0 Å². The van der Waals surface area contributed by atoms with E-state index in [9.17, 15) is 0 Å². The van der Waals surface area contributed by atoms with Crippen LogP contribution in [0.15, 0.2) is 121 Å². The fraction of sp³-hybridized carbons (Fsp3) is 0. The van der Waals surface area contributed by atoms with Crippen LogP contribution >= 0.6 is 22.9 Å².